The second-order valence-electron chi connectivity index (χ2n) is 3.03. The molecule has 0 amide bonds. The van der Waals surface area contributed by atoms with E-state index < -0.39 is 5.50 Å². The minimum absolute atomic E-state index is 0.211. The van der Waals surface area contributed by atoms with Gasteiger partial charge in [0.05, 0.1) is 6.10 Å². The average Bonchev–Trinajstić information content (AvgIpc) is 1.59. The Morgan fingerprint density at radius 2 is 2.10 bits per heavy atom. The highest BCUT2D eigenvalue weighted by Gasteiger charge is 2.11. The smallest absolute Gasteiger partial charge is 0.113 e. The zero-order valence-electron chi connectivity index (χ0n) is 6.92. The number of hydrogen-bond donors (Lipinski definition) is 1. The van der Waals surface area contributed by atoms with Crippen LogP contribution in [0.5, 0.6) is 0 Å². The molecule has 1 N–H and O–H groups in total. The predicted molar refractivity (Wildman–Crippen MR) is 42.1 cm³/mol. The monoisotopic (exact) mass is 142 g/mol. The maximum Gasteiger partial charge on any atom is 0.113 e. The fourth-order valence-electron chi connectivity index (χ4n) is 0.501. The van der Waals surface area contributed by atoms with Crippen molar-refractivity contribution in [1.29, 1.82) is 0 Å². The molecule has 0 aliphatic rings. The standard InChI is InChI=1S/C7H15BO2/c1-6(2)10-5-4-7(3,8)9/h6,9H,4-5H2,1-3H3. The van der Waals surface area contributed by atoms with Gasteiger partial charge in [0, 0.05) is 12.1 Å². The van der Waals surface area contributed by atoms with Crippen LogP contribution in [-0.2, 0) is 4.74 Å². The van der Waals surface area contributed by atoms with Crippen LogP contribution in [0.1, 0.15) is 27.2 Å². The number of rotatable bonds is 4. The van der Waals surface area contributed by atoms with E-state index in [1.54, 1.807) is 6.92 Å². The summed E-state index contributed by atoms with van der Waals surface area (Å²) in [6, 6.07) is 0. The van der Waals surface area contributed by atoms with E-state index in [-0.39, 0.29) is 6.10 Å². The van der Waals surface area contributed by atoms with Crippen molar-refractivity contribution in [3.8, 4) is 0 Å². The molecule has 1 atom stereocenters. The van der Waals surface area contributed by atoms with Crippen molar-refractivity contribution >= 4 is 7.85 Å². The van der Waals surface area contributed by atoms with Crippen molar-refractivity contribution in [3.05, 3.63) is 0 Å². The van der Waals surface area contributed by atoms with Crippen molar-refractivity contribution in [3.63, 3.8) is 0 Å². The van der Waals surface area contributed by atoms with Crippen molar-refractivity contribution in [1.82, 2.24) is 0 Å². The molecular weight excluding hydrogens is 127 g/mol. The van der Waals surface area contributed by atoms with Gasteiger partial charge in [-0.3, -0.25) is 0 Å². The van der Waals surface area contributed by atoms with E-state index in [9.17, 15) is 0 Å². The summed E-state index contributed by atoms with van der Waals surface area (Å²) in [6.45, 7) is 5.98. The molecule has 0 aliphatic heterocycles. The molecule has 0 spiro atoms. The van der Waals surface area contributed by atoms with E-state index in [0.29, 0.717) is 13.0 Å². The Morgan fingerprint density at radius 3 is 2.40 bits per heavy atom. The van der Waals surface area contributed by atoms with E-state index in [1.165, 1.54) is 0 Å². The Bertz CT molecular complexity index is 86.1. The van der Waals surface area contributed by atoms with Crippen molar-refractivity contribution in [2.45, 2.75) is 38.8 Å². The van der Waals surface area contributed by atoms with Gasteiger partial charge in [-0.05, 0) is 27.2 Å². The fraction of sp³-hybridized carbons (Fsp3) is 1.00. The van der Waals surface area contributed by atoms with Gasteiger partial charge in [-0.1, -0.05) is 0 Å². The van der Waals surface area contributed by atoms with E-state index >= 15 is 0 Å². The first-order valence-corrected chi connectivity index (χ1v) is 3.54. The summed E-state index contributed by atoms with van der Waals surface area (Å²) in [6.07, 6.45) is 0.688. The molecule has 0 saturated carbocycles. The van der Waals surface area contributed by atoms with Gasteiger partial charge in [0.15, 0.2) is 0 Å². The van der Waals surface area contributed by atoms with E-state index in [2.05, 4.69) is 0 Å². The van der Waals surface area contributed by atoms with Gasteiger partial charge in [-0.15, -0.1) is 0 Å². The van der Waals surface area contributed by atoms with Crippen LogP contribution in [0.15, 0.2) is 0 Å². The third-order valence-corrected chi connectivity index (χ3v) is 1.06. The van der Waals surface area contributed by atoms with Gasteiger partial charge in [-0.2, -0.15) is 0 Å². The first-order chi connectivity index (χ1) is 4.42. The normalized spacial score (nSPS) is 17.3. The Balaban J connectivity index is 3.21. The van der Waals surface area contributed by atoms with Gasteiger partial charge < -0.3 is 9.84 Å². The van der Waals surface area contributed by atoms with Crippen LogP contribution in [0.25, 0.3) is 0 Å². The molecule has 3 heteroatoms. The van der Waals surface area contributed by atoms with Crippen LogP contribution < -0.4 is 0 Å². The molecule has 10 heavy (non-hydrogen) atoms. The lowest BCUT2D eigenvalue weighted by molar-refractivity contribution is 0.0383. The van der Waals surface area contributed by atoms with Gasteiger partial charge in [0.1, 0.15) is 7.85 Å². The summed E-state index contributed by atoms with van der Waals surface area (Å²) >= 11 is 0. The third-order valence-electron chi connectivity index (χ3n) is 1.06. The van der Waals surface area contributed by atoms with Gasteiger partial charge >= 0.3 is 0 Å². The van der Waals surface area contributed by atoms with Gasteiger partial charge in [0.25, 0.3) is 0 Å². The average molecular weight is 142 g/mol. The summed E-state index contributed by atoms with van der Waals surface area (Å²) in [5, 5.41) is 9.03. The molecule has 0 saturated heterocycles. The number of ether oxygens (including phenoxy) is 1. The van der Waals surface area contributed by atoms with E-state index in [4.69, 9.17) is 17.7 Å². The SMILES string of the molecule is [B]C(C)(O)CCOC(C)C. The molecule has 0 aromatic rings. The Morgan fingerprint density at radius 1 is 1.60 bits per heavy atom. The quantitative estimate of drug-likeness (QED) is 0.584. The minimum Gasteiger partial charge on any atom is -0.400 e. The lowest BCUT2D eigenvalue weighted by atomic mass is 9.81. The molecule has 1 unspecified atom stereocenters. The third kappa shape index (κ3) is 7.98. The zero-order chi connectivity index (χ0) is 8.20. The highest BCUT2D eigenvalue weighted by atomic mass is 16.5. The van der Waals surface area contributed by atoms with Crippen molar-refractivity contribution in [2.24, 2.45) is 0 Å². The summed E-state index contributed by atoms with van der Waals surface area (Å²) in [4.78, 5) is 0. The lowest BCUT2D eigenvalue weighted by Crippen LogP contribution is -2.26. The molecule has 58 valence electrons. The molecule has 0 aromatic heterocycles. The van der Waals surface area contributed by atoms with Crippen LogP contribution in [0, 0.1) is 0 Å². The Kier molecular flexibility index (Phi) is 3.98. The second-order valence-corrected chi connectivity index (χ2v) is 3.03. The first kappa shape index (κ1) is 9.98. The van der Waals surface area contributed by atoms with E-state index in [0.717, 1.165) is 0 Å². The van der Waals surface area contributed by atoms with Crippen LogP contribution in [0.3, 0.4) is 0 Å². The lowest BCUT2D eigenvalue weighted by Gasteiger charge is -2.18. The molecule has 0 rings (SSSR count). The molecule has 0 aliphatic carbocycles. The molecule has 0 bridgehead atoms. The second kappa shape index (κ2) is 3.99. The molecule has 0 aromatic carbocycles. The summed E-state index contributed by atoms with van der Waals surface area (Å²) in [5.74, 6) is 0. The Hall–Kier alpha value is -0.0151. The fourth-order valence-corrected chi connectivity index (χ4v) is 0.501. The molecule has 0 fully saturated rings. The molecular formula is C7H15BO2. The van der Waals surface area contributed by atoms with Crippen LogP contribution in [-0.4, -0.2) is 31.2 Å². The maximum absolute atomic E-state index is 9.03. The highest BCUT2D eigenvalue weighted by molar-refractivity contribution is 6.13. The summed E-state index contributed by atoms with van der Waals surface area (Å²) in [5.41, 5.74) is -1.09. The summed E-state index contributed by atoms with van der Waals surface area (Å²) < 4.78 is 5.18. The maximum atomic E-state index is 9.03. The van der Waals surface area contributed by atoms with Gasteiger partial charge in [-0.25, -0.2) is 0 Å². The largest absolute Gasteiger partial charge is 0.400 e. The predicted octanol–water partition coefficient (Wildman–Crippen LogP) is 0.678. The molecule has 2 nitrogen and oxygen atoms in total. The molecule has 2 radical (unpaired) electrons. The topological polar surface area (TPSA) is 29.5 Å². The van der Waals surface area contributed by atoms with Gasteiger partial charge in [0.2, 0.25) is 0 Å². The minimum atomic E-state index is -1.09. The molecule has 0 heterocycles. The zero-order valence-corrected chi connectivity index (χ0v) is 6.92. The van der Waals surface area contributed by atoms with Crippen LogP contribution >= 0.6 is 0 Å². The van der Waals surface area contributed by atoms with Crippen molar-refractivity contribution in [2.75, 3.05) is 6.61 Å². The number of hydrogen-bond acceptors (Lipinski definition) is 2. The van der Waals surface area contributed by atoms with Crippen LogP contribution in [0.2, 0.25) is 0 Å². The Labute approximate surface area is 64.0 Å². The number of aliphatic hydroxyl groups is 1. The van der Waals surface area contributed by atoms with Crippen LogP contribution in [0.4, 0.5) is 0 Å². The first-order valence-electron chi connectivity index (χ1n) is 3.54. The van der Waals surface area contributed by atoms with Crippen molar-refractivity contribution < 1.29 is 9.84 Å². The summed E-state index contributed by atoms with van der Waals surface area (Å²) in [7, 11) is 5.30. The highest BCUT2D eigenvalue weighted by Crippen LogP contribution is 2.03. The van der Waals surface area contributed by atoms with E-state index in [1.807, 2.05) is 13.8 Å².